The molecule has 0 bridgehead atoms. The zero-order valence-electron chi connectivity index (χ0n) is 28.1. The molecule has 0 aliphatic heterocycles. The van der Waals surface area contributed by atoms with Crippen LogP contribution in [0.25, 0.3) is 22.3 Å². The summed E-state index contributed by atoms with van der Waals surface area (Å²) in [7, 11) is 0. The second kappa shape index (κ2) is 15.7. The van der Waals surface area contributed by atoms with Crippen molar-refractivity contribution in [1.82, 2.24) is 0 Å². The maximum Gasteiger partial charge on any atom is 0.344 e. The number of hydrogen-bond donors (Lipinski definition) is 2. The second-order valence-electron chi connectivity index (χ2n) is 12.5. The molecule has 0 saturated heterocycles. The van der Waals surface area contributed by atoms with Gasteiger partial charge in [0.1, 0.15) is 19.0 Å². The third-order valence-corrected chi connectivity index (χ3v) is 8.84. The monoisotopic (exact) mass is 680 g/mol. The largest absolute Gasteiger partial charge is 0.478 e. The van der Waals surface area contributed by atoms with Gasteiger partial charge in [0.05, 0.1) is 11.1 Å². The Hall–Kier alpha value is -6.06. The first kappa shape index (κ1) is 34.8. The van der Waals surface area contributed by atoms with E-state index in [1.54, 1.807) is 24.3 Å². The molecule has 0 aromatic heterocycles. The number of benzene rings is 6. The molecule has 8 nitrogen and oxygen atoms in total. The van der Waals surface area contributed by atoms with Crippen molar-refractivity contribution in [3.63, 3.8) is 0 Å². The summed E-state index contributed by atoms with van der Waals surface area (Å²) in [5.41, 5.74) is 6.65. The van der Waals surface area contributed by atoms with Crippen molar-refractivity contribution in [3.8, 4) is 33.8 Å². The van der Waals surface area contributed by atoms with Crippen LogP contribution < -0.4 is 9.62 Å². The van der Waals surface area contributed by atoms with E-state index in [4.69, 9.17) is 19.8 Å². The van der Waals surface area contributed by atoms with Gasteiger partial charge in [0, 0.05) is 5.41 Å². The van der Waals surface area contributed by atoms with Crippen LogP contribution in [0.1, 0.15) is 56.8 Å². The smallest absolute Gasteiger partial charge is 0.344 e. The zero-order chi connectivity index (χ0) is 35.8. The second-order valence-corrected chi connectivity index (χ2v) is 12.5. The molecule has 0 amide bonds. The minimum absolute atomic E-state index is 0.0230. The van der Waals surface area contributed by atoms with E-state index < -0.39 is 17.4 Å². The summed E-state index contributed by atoms with van der Waals surface area (Å²) in [6, 6.07) is 44.6. The summed E-state index contributed by atoms with van der Waals surface area (Å²) in [5, 5.41) is 18.8. The fourth-order valence-electron chi connectivity index (χ4n) is 5.85. The Morgan fingerprint density at radius 2 is 1.12 bits per heavy atom. The fourth-order valence-corrected chi connectivity index (χ4v) is 5.85. The van der Waals surface area contributed by atoms with Crippen molar-refractivity contribution in [1.29, 1.82) is 0 Å². The highest BCUT2D eigenvalue weighted by Gasteiger charge is 2.24. The summed E-state index contributed by atoms with van der Waals surface area (Å²) in [6.45, 7) is 4.33. The topological polar surface area (TPSA) is 112 Å². The number of carboxylic acids is 1. The van der Waals surface area contributed by atoms with Gasteiger partial charge in [0.2, 0.25) is 0 Å². The lowest BCUT2D eigenvalue weighted by Crippen LogP contribution is -2.19. The Morgan fingerprint density at radius 1 is 0.569 bits per heavy atom. The lowest BCUT2D eigenvalue weighted by atomic mass is 9.78. The molecule has 0 aliphatic carbocycles. The van der Waals surface area contributed by atoms with Gasteiger partial charge in [-0.2, -0.15) is 4.89 Å². The number of hydrogen-bond acceptors (Lipinski definition) is 7. The van der Waals surface area contributed by atoms with Crippen LogP contribution in [0.4, 0.5) is 0 Å². The highest BCUT2D eigenvalue weighted by Crippen LogP contribution is 2.34. The average molecular weight is 681 g/mol. The van der Waals surface area contributed by atoms with Crippen LogP contribution in [-0.2, 0) is 28.4 Å². The quantitative estimate of drug-likeness (QED) is 0.0537. The molecule has 0 spiro atoms. The summed E-state index contributed by atoms with van der Waals surface area (Å²) in [5.74, 6) is -1.15. The van der Waals surface area contributed by atoms with Crippen molar-refractivity contribution in [2.45, 2.75) is 32.5 Å². The molecule has 0 radical (unpaired) electrons. The minimum Gasteiger partial charge on any atom is -0.478 e. The maximum absolute atomic E-state index is 13.2. The number of carboxylic acid groups (broad SMARTS) is 1. The average Bonchev–Trinajstić information content (AvgIpc) is 3.16. The van der Waals surface area contributed by atoms with E-state index in [0.717, 1.165) is 38.9 Å². The van der Waals surface area contributed by atoms with E-state index in [9.17, 15) is 14.7 Å². The van der Waals surface area contributed by atoms with Crippen LogP contribution in [0.2, 0.25) is 0 Å². The van der Waals surface area contributed by atoms with E-state index in [0.29, 0.717) is 17.1 Å². The van der Waals surface area contributed by atoms with Gasteiger partial charge in [0.25, 0.3) is 0 Å². The van der Waals surface area contributed by atoms with Crippen LogP contribution >= 0.6 is 0 Å². The predicted octanol–water partition coefficient (Wildman–Crippen LogP) is 9.76. The first-order valence-electron chi connectivity index (χ1n) is 16.3. The number of carbonyl (C=O) groups is 2. The van der Waals surface area contributed by atoms with E-state index in [1.165, 1.54) is 6.07 Å². The molecule has 51 heavy (non-hydrogen) atoms. The summed E-state index contributed by atoms with van der Waals surface area (Å²) in [4.78, 5) is 40.7. The molecule has 0 atom stereocenters. The molecule has 6 aromatic rings. The molecule has 0 unspecified atom stereocenters. The van der Waals surface area contributed by atoms with Gasteiger partial charge in [-0.3, -0.25) is 5.26 Å². The first-order chi connectivity index (χ1) is 24.7. The third-order valence-electron chi connectivity index (χ3n) is 8.84. The standard InChI is InChI=1S/C43H36O8/c1-43(2,35-16-20-37(21-17-35)50-42(46)40-26-32(15-24-39(40)41(44)45)30-11-7-4-8-12-30)36-18-22-38(23-19-36)51-49-28-34-25-31(13-14-33(34)27-48-47)29-9-5-3-6-10-29/h3-26,47H,27-28H2,1-2H3,(H,44,45). The highest BCUT2D eigenvalue weighted by atomic mass is 17.2. The fraction of sp³-hybridized carbons (Fsp3) is 0.116. The van der Waals surface area contributed by atoms with Crippen LogP contribution in [0.3, 0.4) is 0 Å². The number of aromatic carboxylic acids is 1. The molecule has 0 saturated carbocycles. The van der Waals surface area contributed by atoms with Gasteiger partial charge >= 0.3 is 11.9 Å². The van der Waals surface area contributed by atoms with Crippen molar-refractivity contribution < 1.29 is 39.4 Å². The van der Waals surface area contributed by atoms with Gasteiger partial charge in [-0.1, -0.05) is 117 Å². The van der Waals surface area contributed by atoms with E-state index in [-0.39, 0.29) is 24.3 Å². The number of ether oxygens (including phenoxy) is 1. The lowest BCUT2D eigenvalue weighted by molar-refractivity contribution is -0.253. The van der Waals surface area contributed by atoms with Crippen molar-refractivity contribution in [3.05, 3.63) is 179 Å². The molecule has 256 valence electrons. The maximum atomic E-state index is 13.2. The van der Waals surface area contributed by atoms with Gasteiger partial charge in [0.15, 0.2) is 5.75 Å². The van der Waals surface area contributed by atoms with E-state index in [2.05, 4.69) is 18.7 Å². The van der Waals surface area contributed by atoms with Gasteiger partial charge in [-0.15, -0.1) is 0 Å². The number of esters is 1. The molecular weight excluding hydrogens is 644 g/mol. The summed E-state index contributed by atoms with van der Waals surface area (Å²) < 4.78 is 5.64. The van der Waals surface area contributed by atoms with Crippen LogP contribution in [0.5, 0.6) is 11.5 Å². The lowest BCUT2D eigenvalue weighted by Gasteiger charge is -2.26. The Bertz CT molecular complexity index is 2110. The van der Waals surface area contributed by atoms with Gasteiger partial charge in [-0.05, 0) is 87.0 Å². The molecule has 0 aliphatic rings. The summed E-state index contributed by atoms with van der Waals surface area (Å²) in [6.07, 6.45) is 0. The van der Waals surface area contributed by atoms with Crippen molar-refractivity contribution in [2.24, 2.45) is 0 Å². The Balaban J connectivity index is 1.10. The predicted molar refractivity (Wildman–Crippen MR) is 194 cm³/mol. The van der Waals surface area contributed by atoms with Crippen LogP contribution in [0, 0.1) is 0 Å². The highest BCUT2D eigenvalue weighted by molar-refractivity contribution is 6.04. The normalized spacial score (nSPS) is 11.2. The minimum atomic E-state index is -1.21. The van der Waals surface area contributed by atoms with Gasteiger partial charge < -0.3 is 14.7 Å². The molecule has 8 heteroatoms. The number of carbonyl (C=O) groups excluding carboxylic acids is 1. The molecule has 0 fully saturated rings. The van der Waals surface area contributed by atoms with Crippen LogP contribution in [-0.4, -0.2) is 22.3 Å². The first-order valence-corrected chi connectivity index (χ1v) is 16.3. The molecule has 6 aromatic carbocycles. The molecule has 6 rings (SSSR count). The zero-order valence-corrected chi connectivity index (χ0v) is 28.1. The van der Waals surface area contributed by atoms with E-state index in [1.807, 2.05) is 115 Å². The Labute approximate surface area is 295 Å². The van der Waals surface area contributed by atoms with Crippen LogP contribution in [0.15, 0.2) is 146 Å². The molecule has 2 N–H and O–H groups in total. The van der Waals surface area contributed by atoms with Crippen molar-refractivity contribution >= 4 is 11.9 Å². The SMILES string of the molecule is CC(C)(c1ccc(OOCc2cc(-c3ccccc3)ccc2COO)cc1)c1ccc(OC(=O)c2cc(-c3ccccc3)ccc2C(=O)O)cc1. The Morgan fingerprint density at radius 3 is 1.69 bits per heavy atom. The molecule has 0 heterocycles. The summed E-state index contributed by atoms with van der Waals surface area (Å²) >= 11 is 0. The third kappa shape index (κ3) is 8.22. The number of rotatable bonds is 13. The van der Waals surface area contributed by atoms with Crippen molar-refractivity contribution in [2.75, 3.05) is 0 Å². The van der Waals surface area contributed by atoms with Gasteiger partial charge in [-0.25, -0.2) is 14.5 Å². The molecular formula is C43H36O8. The Kier molecular flexibility index (Phi) is 10.7. The van der Waals surface area contributed by atoms with E-state index >= 15 is 0 Å².